The van der Waals surface area contributed by atoms with Crippen LogP contribution in [0.5, 0.6) is 0 Å². The Bertz CT molecular complexity index is 951. The van der Waals surface area contributed by atoms with E-state index in [-0.39, 0.29) is 34.0 Å². The van der Waals surface area contributed by atoms with Gasteiger partial charge < -0.3 is 9.47 Å². The molecule has 1 aliphatic carbocycles. The molecule has 1 aliphatic heterocycles. The zero-order valence-electron chi connectivity index (χ0n) is 14.6. The van der Waals surface area contributed by atoms with Crippen LogP contribution in [0.15, 0.2) is 36.4 Å². The van der Waals surface area contributed by atoms with Crippen LogP contribution < -0.4 is 0 Å². The Morgan fingerprint density at radius 3 is 2.19 bits per heavy atom. The average molecular weight is 350 g/mol. The molecule has 26 heavy (non-hydrogen) atoms. The number of hydrogen-bond donors (Lipinski definition) is 0. The molecule has 5 nitrogen and oxygen atoms in total. The lowest BCUT2D eigenvalue weighted by Gasteiger charge is -2.26. The van der Waals surface area contributed by atoms with Gasteiger partial charge in [0, 0.05) is 34.2 Å². The highest BCUT2D eigenvalue weighted by Crippen LogP contribution is 2.34. The molecule has 132 valence electrons. The molecule has 0 saturated carbocycles. The van der Waals surface area contributed by atoms with Crippen molar-refractivity contribution in [3.05, 3.63) is 69.8 Å². The van der Waals surface area contributed by atoms with E-state index in [9.17, 15) is 14.4 Å². The minimum atomic E-state index is -0.835. The van der Waals surface area contributed by atoms with Crippen molar-refractivity contribution in [3.8, 4) is 0 Å². The van der Waals surface area contributed by atoms with Gasteiger partial charge in [-0.05, 0) is 25.5 Å². The van der Waals surface area contributed by atoms with E-state index in [2.05, 4.69) is 0 Å². The summed E-state index contributed by atoms with van der Waals surface area (Å²) in [4.78, 5) is 38.4. The van der Waals surface area contributed by atoms with Gasteiger partial charge >= 0.3 is 0 Å². The average Bonchev–Trinajstić information content (AvgIpc) is 3.05. The van der Waals surface area contributed by atoms with Gasteiger partial charge in [0.1, 0.15) is 0 Å². The first-order valence-corrected chi connectivity index (χ1v) is 8.54. The lowest BCUT2D eigenvalue weighted by Crippen LogP contribution is -2.31. The molecule has 0 aromatic heterocycles. The fourth-order valence-electron chi connectivity index (χ4n) is 3.78. The standard InChI is InChI=1S/C21H18O5/c1-12(22)17-13(11-21(2)25-9-10-26-21)7-8-16-18(17)20(24)15-6-4-3-5-14(15)19(16)23/h3-8H,9-11H2,1-2H3. The van der Waals surface area contributed by atoms with E-state index in [4.69, 9.17) is 9.47 Å². The van der Waals surface area contributed by atoms with E-state index in [1.807, 2.05) is 6.92 Å². The Kier molecular flexibility index (Phi) is 3.86. The highest BCUT2D eigenvalue weighted by Gasteiger charge is 2.37. The van der Waals surface area contributed by atoms with Gasteiger partial charge in [-0.2, -0.15) is 0 Å². The Balaban J connectivity index is 1.90. The molecule has 5 heteroatoms. The number of rotatable bonds is 3. The van der Waals surface area contributed by atoms with E-state index in [0.717, 1.165) is 0 Å². The van der Waals surface area contributed by atoms with Crippen LogP contribution >= 0.6 is 0 Å². The first-order valence-electron chi connectivity index (χ1n) is 8.54. The quantitative estimate of drug-likeness (QED) is 0.679. The van der Waals surface area contributed by atoms with Gasteiger partial charge in [0.2, 0.25) is 0 Å². The molecule has 0 unspecified atom stereocenters. The number of ketones is 3. The topological polar surface area (TPSA) is 69.7 Å². The van der Waals surface area contributed by atoms with E-state index in [1.54, 1.807) is 36.4 Å². The van der Waals surface area contributed by atoms with Crippen molar-refractivity contribution in [3.63, 3.8) is 0 Å². The number of carbonyl (C=O) groups excluding carboxylic acids is 3. The first kappa shape index (κ1) is 16.8. The maximum absolute atomic E-state index is 13.1. The number of benzene rings is 2. The molecular formula is C21H18O5. The van der Waals surface area contributed by atoms with Crippen molar-refractivity contribution < 1.29 is 23.9 Å². The van der Waals surface area contributed by atoms with Crippen LogP contribution in [0.25, 0.3) is 0 Å². The SMILES string of the molecule is CC(=O)c1c(CC2(C)OCCO2)ccc2c1C(=O)c1ccccc1C2=O. The van der Waals surface area contributed by atoms with Crippen LogP contribution in [0, 0.1) is 0 Å². The summed E-state index contributed by atoms with van der Waals surface area (Å²) >= 11 is 0. The van der Waals surface area contributed by atoms with E-state index in [0.29, 0.717) is 36.3 Å². The van der Waals surface area contributed by atoms with Gasteiger partial charge in [0.05, 0.1) is 13.2 Å². The summed E-state index contributed by atoms with van der Waals surface area (Å²) in [7, 11) is 0. The van der Waals surface area contributed by atoms with Crippen LogP contribution in [0.2, 0.25) is 0 Å². The Labute approximate surface area is 150 Å². The summed E-state index contributed by atoms with van der Waals surface area (Å²) in [5.74, 6) is -1.61. The summed E-state index contributed by atoms with van der Waals surface area (Å²) in [6.07, 6.45) is 0.332. The summed E-state index contributed by atoms with van der Waals surface area (Å²) in [5, 5.41) is 0. The van der Waals surface area contributed by atoms with Gasteiger partial charge in [0.15, 0.2) is 23.1 Å². The smallest absolute Gasteiger partial charge is 0.195 e. The van der Waals surface area contributed by atoms with Crippen molar-refractivity contribution in [2.24, 2.45) is 0 Å². The Hall–Kier alpha value is -2.63. The third-order valence-electron chi connectivity index (χ3n) is 4.94. The summed E-state index contributed by atoms with van der Waals surface area (Å²) in [6.45, 7) is 4.20. The number of carbonyl (C=O) groups is 3. The predicted molar refractivity (Wildman–Crippen MR) is 93.8 cm³/mol. The maximum atomic E-state index is 13.1. The molecule has 1 saturated heterocycles. The molecule has 2 aromatic carbocycles. The van der Waals surface area contributed by atoms with Crippen molar-refractivity contribution in [1.29, 1.82) is 0 Å². The minimum absolute atomic E-state index is 0.195. The molecular weight excluding hydrogens is 332 g/mol. The molecule has 1 heterocycles. The van der Waals surface area contributed by atoms with Crippen molar-refractivity contribution in [1.82, 2.24) is 0 Å². The van der Waals surface area contributed by atoms with Gasteiger partial charge in [0.25, 0.3) is 0 Å². The fourth-order valence-corrected chi connectivity index (χ4v) is 3.78. The molecule has 4 rings (SSSR count). The second-order valence-corrected chi connectivity index (χ2v) is 6.79. The molecule has 0 spiro atoms. The van der Waals surface area contributed by atoms with Gasteiger partial charge in [-0.25, -0.2) is 0 Å². The zero-order chi connectivity index (χ0) is 18.5. The van der Waals surface area contributed by atoms with E-state index >= 15 is 0 Å². The largest absolute Gasteiger partial charge is 0.347 e. The normalized spacial score (nSPS) is 17.8. The fraction of sp³-hybridized carbons (Fsp3) is 0.286. The van der Waals surface area contributed by atoms with Crippen molar-refractivity contribution in [2.75, 3.05) is 13.2 Å². The zero-order valence-corrected chi connectivity index (χ0v) is 14.6. The van der Waals surface area contributed by atoms with Crippen LogP contribution in [0.3, 0.4) is 0 Å². The van der Waals surface area contributed by atoms with Crippen LogP contribution in [-0.2, 0) is 15.9 Å². The number of ether oxygens (including phenoxy) is 2. The predicted octanol–water partition coefficient (Wildman–Crippen LogP) is 2.97. The lowest BCUT2D eigenvalue weighted by molar-refractivity contribution is -0.140. The van der Waals surface area contributed by atoms with Crippen molar-refractivity contribution >= 4 is 17.3 Å². The van der Waals surface area contributed by atoms with E-state index < -0.39 is 5.79 Å². The lowest BCUT2D eigenvalue weighted by atomic mass is 9.79. The highest BCUT2D eigenvalue weighted by molar-refractivity contribution is 6.31. The van der Waals surface area contributed by atoms with Crippen LogP contribution in [0.4, 0.5) is 0 Å². The van der Waals surface area contributed by atoms with Crippen LogP contribution in [0.1, 0.15) is 61.6 Å². The van der Waals surface area contributed by atoms with Gasteiger partial charge in [-0.1, -0.05) is 30.3 Å². The molecule has 0 amide bonds. The Morgan fingerprint density at radius 2 is 1.58 bits per heavy atom. The molecule has 1 fully saturated rings. The first-order chi connectivity index (χ1) is 12.4. The highest BCUT2D eigenvalue weighted by atomic mass is 16.7. The summed E-state index contributed by atoms with van der Waals surface area (Å²) in [5.41, 5.74) is 2.13. The minimum Gasteiger partial charge on any atom is -0.347 e. The summed E-state index contributed by atoms with van der Waals surface area (Å²) in [6, 6.07) is 10.1. The molecule has 0 atom stereocenters. The second-order valence-electron chi connectivity index (χ2n) is 6.79. The second kappa shape index (κ2) is 5.97. The molecule has 0 N–H and O–H groups in total. The van der Waals surface area contributed by atoms with Gasteiger partial charge in [-0.3, -0.25) is 14.4 Å². The number of Topliss-reactive ketones (excluding diaryl/α,β-unsaturated/α-hetero) is 1. The Morgan fingerprint density at radius 1 is 0.962 bits per heavy atom. The number of fused-ring (bicyclic) bond motifs is 2. The van der Waals surface area contributed by atoms with Crippen LogP contribution in [-0.4, -0.2) is 36.4 Å². The van der Waals surface area contributed by atoms with Gasteiger partial charge in [-0.15, -0.1) is 0 Å². The summed E-state index contributed by atoms with van der Waals surface area (Å²) < 4.78 is 11.3. The molecule has 0 bridgehead atoms. The maximum Gasteiger partial charge on any atom is 0.195 e. The molecule has 0 radical (unpaired) electrons. The number of hydrogen-bond acceptors (Lipinski definition) is 5. The molecule has 2 aromatic rings. The van der Waals surface area contributed by atoms with E-state index in [1.165, 1.54) is 6.92 Å². The van der Waals surface area contributed by atoms with Crippen molar-refractivity contribution in [2.45, 2.75) is 26.1 Å². The monoisotopic (exact) mass is 350 g/mol. The third-order valence-corrected chi connectivity index (χ3v) is 4.94. The third kappa shape index (κ3) is 2.52. The molecule has 2 aliphatic rings.